The molecule has 1 aliphatic carbocycles. The Bertz CT molecular complexity index is 1300. The van der Waals surface area contributed by atoms with Crippen LogP contribution in [0.2, 0.25) is 0 Å². The van der Waals surface area contributed by atoms with Crippen LogP contribution in [0.15, 0.2) is 39.7 Å². The number of fused-ring (bicyclic) bond motifs is 1. The van der Waals surface area contributed by atoms with Crippen molar-refractivity contribution in [3.63, 3.8) is 0 Å². The summed E-state index contributed by atoms with van der Waals surface area (Å²) >= 11 is 3.46. The number of rotatable bonds is 5. The van der Waals surface area contributed by atoms with Gasteiger partial charge in [0.15, 0.2) is 0 Å². The van der Waals surface area contributed by atoms with Crippen LogP contribution in [-0.4, -0.2) is 58.3 Å². The Morgan fingerprint density at radius 2 is 1.75 bits per heavy atom. The first-order valence-corrected chi connectivity index (χ1v) is 13.0. The fourth-order valence-corrected chi connectivity index (χ4v) is 5.57. The summed E-state index contributed by atoms with van der Waals surface area (Å²) in [5.41, 5.74) is 3.16. The number of nitrogens with zero attached hydrogens (tertiary/aromatic N) is 5. The van der Waals surface area contributed by atoms with E-state index in [1.807, 2.05) is 35.8 Å². The van der Waals surface area contributed by atoms with Gasteiger partial charge in [-0.25, -0.2) is 4.98 Å². The summed E-state index contributed by atoms with van der Waals surface area (Å²) in [6, 6.07) is 7.83. The standard InChI is InChI=1S/C25H28BrF3N6O/c1-16-20-14-30-24(32-22(20)35(23(36)21(16)26)19-4-2-3-5-19)31-17-6-8-18(9-7-17)34-12-10-33(11-13-34)15-25(27,28)29/h6-9,14,19H,2-5,10-13,15H2,1H3,(H,30,31,32). The van der Waals surface area contributed by atoms with Gasteiger partial charge >= 0.3 is 6.18 Å². The summed E-state index contributed by atoms with van der Waals surface area (Å²) in [5, 5.41) is 4.08. The van der Waals surface area contributed by atoms with Crippen LogP contribution in [0.25, 0.3) is 11.0 Å². The lowest BCUT2D eigenvalue weighted by Gasteiger charge is -2.36. The number of pyridine rings is 1. The molecular formula is C25H28BrF3N6O. The third-order valence-corrected chi connectivity index (χ3v) is 8.02. The number of hydrogen-bond donors (Lipinski definition) is 1. The van der Waals surface area contributed by atoms with Crippen molar-refractivity contribution >= 4 is 44.3 Å². The largest absolute Gasteiger partial charge is 0.401 e. The number of aryl methyl sites for hydroxylation is 1. The predicted molar refractivity (Wildman–Crippen MR) is 138 cm³/mol. The molecule has 1 N–H and O–H groups in total. The third-order valence-electron chi connectivity index (χ3n) is 7.09. The highest BCUT2D eigenvalue weighted by Gasteiger charge is 2.32. The Morgan fingerprint density at radius 3 is 2.39 bits per heavy atom. The van der Waals surface area contributed by atoms with Gasteiger partial charge in [0.2, 0.25) is 5.95 Å². The number of alkyl halides is 3. The number of aromatic nitrogens is 3. The summed E-state index contributed by atoms with van der Waals surface area (Å²) in [5.74, 6) is 0.406. The van der Waals surface area contributed by atoms with E-state index < -0.39 is 12.7 Å². The van der Waals surface area contributed by atoms with Crippen LogP contribution in [0.1, 0.15) is 37.3 Å². The summed E-state index contributed by atoms with van der Waals surface area (Å²) in [4.78, 5) is 25.9. The molecule has 192 valence electrons. The molecule has 1 saturated heterocycles. The first-order chi connectivity index (χ1) is 17.2. The monoisotopic (exact) mass is 564 g/mol. The van der Waals surface area contributed by atoms with Gasteiger partial charge in [0.05, 0.1) is 11.0 Å². The van der Waals surface area contributed by atoms with Crippen LogP contribution in [0.4, 0.5) is 30.5 Å². The van der Waals surface area contributed by atoms with E-state index in [0.717, 1.165) is 48.0 Å². The van der Waals surface area contributed by atoms with E-state index in [2.05, 4.69) is 31.1 Å². The van der Waals surface area contributed by atoms with Gasteiger partial charge in [-0.15, -0.1) is 0 Å². The lowest BCUT2D eigenvalue weighted by atomic mass is 10.1. The van der Waals surface area contributed by atoms with E-state index in [-0.39, 0.29) is 11.6 Å². The van der Waals surface area contributed by atoms with Gasteiger partial charge in [-0.2, -0.15) is 18.2 Å². The van der Waals surface area contributed by atoms with Gasteiger partial charge in [0, 0.05) is 55.2 Å². The maximum atomic E-state index is 13.1. The number of piperazine rings is 1. The molecule has 5 rings (SSSR count). The van der Waals surface area contributed by atoms with Crippen LogP contribution in [0, 0.1) is 6.92 Å². The highest BCUT2D eigenvalue weighted by atomic mass is 79.9. The average Bonchev–Trinajstić information content (AvgIpc) is 3.37. The number of halogens is 4. The van der Waals surface area contributed by atoms with Crippen molar-refractivity contribution in [3.05, 3.63) is 50.9 Å². The zero-order chi connectivity index (χ0) is 25.4. The zero-order valence-corrected chi connectivity index (χ0v) is 21.6. The van der Waals surface area contributed by atoms with Crippen molar-refractivity contribution in [1.29, 1.82) is 0 Å². The van der Waals surface area contributed by atoms with E-state index in [9.17, 15) is 18.0 Å². The Morgan fingerprint density at radius 1 is 1.08 bits per heavy atom. The minimum atomic E-state index is -4.17. The van der Waals surface area contributed by atoms with Crippen LogP contribution in [0.5, 0.6) is 0 Å². The lowest BCUT2D eigenvalue weighted by Crippen LogP contribution is -2.49. The van der Waals surface area contributed by atoms with E-state index in [0.29, 0.717) is 42.2 Å². The summed E-state index contributed by atoms with van der Waals surface area (Å²) in [6.07, 6.45) is 1.71. The SMILES string of the molecule is Cc1c(Br)c(=O)n(C2CCCC2)c2nc(Nc3ccc(N4CCN(CC(F)(F)F)CC4)cc3)ncc12. The van der Waals surface area contributed by atoms with Gasteiger partial charge in [-0.05, 0) is 65.5 Å². The molecule has 0 radical (unpaired) electrons. The number of benzene rings is 1. The topological polar surface area (TPSA) is 66.3 Å². The first-order valence-electron chi connectivity index (χ1n) is 12.2. The Labute approximate surface area is 215 Å². The molecule has 0 spiro atoms. The molecule has 2 aromatic heterocycles. The van der Waals surface area contributed by atoms with E-state index in [1.165, 1.54) is 4.90 Å². The fourth-order valence-electron chi connectivity index (χ4n) is 5.17. The van der Waals surface area contributed by atoms with Crippen LogP contribution in [-0.2, 0) is 0 Å². The van der Waals surface area contributed by atoms with Gasteiger partial charge in [0.25, 0.3) is 5.56 Å². The normalized spacial score (nSPS) is 17.8. The highest BCUT2D eigenvalue weighted by molar-refractivity contribution is 9.10. The molecule has 11 heteroatoms. The van der Waals surface area contributed by atoms with E-state index >= 15 is 0 Å². The molecule has 7 nitrogen and oxygen atoms in total. The molecule has 0 bridgehead atoms. The molecule has 3 heterocycles. The molecule has 0 atom stereocenters. The van der Waals surface area contributed by atoms with E-state index in [4.69, 9.17) is 4.98 Å². The quantitative estimate of drug-likeness (QED) is 0.447. The van der Waals surface area contributed by atoms with Crippen molar-refractivity contribution in [1.82, 2.24) is 19.4 Å². The second-order valence-electron chi connectivity index (χ2n) is 9.53. The minimum absolute atomic E-state index is 0.0590. The average molecular weight is 565 g/mol. The van der Waals surface area contributed by atoms with Crippen molar-refractivity contribution < 1.29 is 13.2 Å². The highest BCUT2D eigenvalue weighted by Crippen LogP contribution is 2.33. The maximum absolute atomic E-state index is 13.1. The van der Waals surface area contributed by atoms with Gasteiger partial charge in [-0.3, -0.25) is 14.3 Å². The van der Waals surface area contributed by atoms with Crippen molar-refractivity contribution in [3.8, 4) is 0 Å². The van der Waals surface area contributed by atoms with Crippen molar-refractivity contribution in [2.45, 2.75) is 44.8 Å². The molecule has 3 aromatic rings. The third kappa shape index (κ3) is 5.22. The van der Waals surface area contributed by atoms with Crippen LogP contribution in [0.3, 0.4) is 0 Å². The smallest absolute Gasteiger partial charge is 0.369 e. The van der Waals surface area contributed by atoms with Gasteiger partial charge in [-0.1, -0.05) is 12.8 Å². The van der Waals surface area contributed by atoms with E-state index in [1.54, 1.807) is 6.20 Å². The number of nitrogens with one attached hydrogen (secondary N) is 1. The maximum Gasteiger partial charge on any atom is 0.401 e. The molecule has 1 saturated carbocycles. The van der Waals surface area contributed by atoms with Gasteiger partial charge in [0.1, 0.15) is 5.65 Å². The number of anilines is 3. The fraction of sp³-hybridized carbons (Fsp3) is 0.480. The number of hydrogen-bond acceptors (Lipinski definition) is 6. The predicted octanol–water partition coefficient (Wildman–Crippen LogP) is 5.41. The van der Waals surface area contributed by atoms with Crippen molar-refractivity contribution in [2.75, 3.05) is 42.9 Å². The minimum Gasteiger partial charge on any atom is -0.369 e. The van der Waals surface area contributed by atoms with Gasteiger partial charge < -0.3 is 10.2 Å². The molecule has 2 aliphatic rings. The summed E-state index contributed by atoms with van der Waals surface area (Å²) in [6.45, 7) is 2.88. The second kappa shape index (κ2) is 10.0. The molecule has 36 heavy (non-hydrogen) atoms. The lowest BCUT2D eigenvalue weighted by molar-refractivity contribution is -0.146. The zero-order valence-electron chi connectivity index (χ0n) is 20.0. The second-order valence-corrected chi connectivity index (χ2v) is 10.3. The molecule has 1 aliphatic heterocycles. The summed E-state index contributed by atoms with van der Waals surface area (Å²) in [7, 11) is 0. The first kappa shape index (κ1) is 25.0. The van der Waals surface area contributed by atoms with Crippen molar-refractivity contribution in [2.24, 2.45) is 0 Å². The molecule has 2 fully saturated rings. The molecule has 0 amide bonds. The Kier molecular flexibility index (Phi) is 6.95. The molecule has 1 aromatic carbocycles. The van der Waals surface area contributed by atoms with Crippen LogP contribution < -0.4 is 15.8 Å². The van der Waals surface area contributed by atoms with Crippen LogP contribution >= 0.6 is 15.9 Å². The molecule has 0 unspecified atom stereocenters. The Hall–Kier alpha value is -2.66. The molecular weight excluding hydrogens is 537 g/mol. The summed E-state index contributed by atoms with van der Waals surface area (Å²) < 4.78 is 40.3. The Balaban J connectivity index is 1.33.